The summed E-state index contributed by atoms with van der Waals surface area (Å²) in [6.07, 6.45) is 1.15. The second-order valence-corrected chi connectivity index (χ2v) is 7.67. The first-order chi connectivity index (χ1) is 14.2. The molecule has 0 unspecified atom stereocenters. The van der Waals surface area contributed by atoms with Gasteiger partial charge >= 0.3 is 0 Å². The third-order valence-electron chi connectivity index (χ3n) is 5.33. The number of benzene rings is 3. The minimum absolute atomic E-state index is 0.532. The summed E-state index contributed by atoms with van der Waals surface area (Å²) < 4.78 is 6.21. The SMILES string of the molecule is CCN(CC)CCCNCc1c(OCc2ccc(Cl)cc2)ccc2ccccc12. The summed E-state index contributed by atoms with van der Waals surface area (Å²) in [5.41, 5.74) is 2.33. The van der Waals surface area contributed by atoms with Crippen LogP contribution in [0.15, 0.2) is 60.7 Å². The molecule has 3 aromatic rings. The number of ether oxygens (including phenoxy) is 1. The van der Waals surface area contributed by atoms with E-state index in [1.807, 2.05) is 24.3 Å². The van der Waals surface area contributed by atoms with Gasteiger partial charge in [-0.25, -0.2) is 0 Å². The molecule has 0 bridgehead atoms. The molecule has 0 fully saturated rings. The van der Waals surface area contributed by atoms with Crippen LogP contribution in [0.1, 0.15) is 31.4 Å². The second kappa shape index (κ2) is 11.2. The van der Waals surface area contributed by atoms with E-state index >= 15 is 0 Å². The van der Waals surface area contributed by atoms with E-state index in [1.54, 1.807) is 0 Å². The molecule has 0 aliphatic carbocycles. The van der Waals surface area contributed by atoms with Crippen molar-refractivity contribution >= 4 is 22.4 Å². The zero-order valence-corrected chi connectivity index (χ0v) is 18.2. The summed E-state index contributed by atoms with van der Waals surface area (Å²) in [6.45, 7) is 10.1. The average Bonchev–Trinajstić information content (AvgIpc) is 2.76. The van der Waals surface area contributed by atoms with Gasteiger partial charge in [0.1, 0.15) is 12.4 Å². The van der Waals surface area contributed by atoms with Crippen LogP contribution in [0, 0.1) is 0 Å². The molecule has 1 N–H and O–H groups in total. The predicted octanol–water partition coefficient (Wildman–Crippen LogP) is 5.89. The molecule has 3 rings (SSSR count). The lowest BCUT2D eigenvalue weighted by atomic mass is 10.0. The molecule has 4 heteroatoms. The Kier molecular flexibility index (Phi) is 8.36. The van der Waals surface area contributed by atoms with Crippen molar-refractivity contribution < 1.29 is 4.74 Å². The van der Waals surface area contributed by atoms with Crippen LogP contribution >= 0.6 is 11.6 Å². The van der Waals surface area contributed by atoms with E-state index in [2.05, 4.69) is 60.5 Å². The highest BCUT2D eigenvalue weighted by Crippen LogP contribution is 2.29. The van der Waals surface area contributed by atoms with Crippen LogP contribution < -0.4 is 10.1 Å². The molecule has 0 atom stereocenters. The first kappa shape index (κ1) is 21.6. The van der Waals surface area contributed by atoms with Crippen molar-refractivity contribution in [1.29, 1.82) is 0 Å². The monoisotopic (exact) mass is 410 g/mol. The highest BCUT2D eigenvalue weighted by molar-refractivity contribution is 6.30. The summed E-state index contributed by atoms with van der Waals surface area (Å²) in [5.74, 6) is 0.940. The van der Waals surface area contributed by atoms with Crippen molar-refractivity contribution in [3.05, 3.63) is 76.8 Å². The van der Waals surface area contributed by atoms with Gasteiger partial charge < -0.3 is 15.0 Å². The van der Waals surface area contributed by atoms with Gasteiger partial charge in [-0.1, -0.05) is 67.9 Å². The number of nitrogens with one attached hydrogen (secondary N) is 1. The van der Waals surface area contributed by atoms with Gasteiger partial charge in [-0.15, -0.1) is 0 Å². The fraction of sp³-hybridized carbons (Fsp3) is 0.360. The Morgan fingerprint density at radius 3 is 2.45 bits per heavy atom. The Hall–Kier alpha value is -2.07. The van der Waals surface area contributed by atoms with Gasteiger partial charge in [0, 0.05) is 17.1 Å². The molecule has 3 aromatic carbocycles. The number of nitrogens with zero attached hydrogens (tertiary/aromatic N) is 1. The maximum absolute atomic E-state index is 6.21. The third kappa shape index (κ3) is 6.20. The van der Waals surface area contributed by atoms with E-state index in [0.717, 1.165) is 55.5 Å². The highest BCUT2D eigenvalue weighted by Gasteiger charge is 2.09. The number of rotatable bonds is 11. The van der Waals surface area contributed by atoms with Crippen LogP contribution in [-0.2, 0) is 13.2 Å². The fourth-order valence-corrected chi connectivity index (χ4v) is 3.68. The zero-order valence-electron chi connectivity index (χ0n) is 17.5. The normalized spacial score (nSPS) is 11.3. The van der Waals surface area contributed by atoms with Crippen molar-refractivity contribution in [3.63, 3.8) is 0 Å². The number of hydrogen-bond donors (Lipinski definition) is 1. The van der Waals surface area contributed by atoms with Crippen molar-refractivity contribution in [2.24, 2.45) is 0 Å². The standard InChI is InChI=1S/C25H31ClN2O/c1-3-28(4-2)17-7-16-27-18-24-23-9-6-5-8-21(23)12-15-25(24)29-19-20-10-13-22(26)14-11-20/h5-6,8-15,27H,3-4,7,16-19H2,1-2H3. The molecule has 0 radical (unpaired) electrons. The van der Waals surface area contributed by atoms with Crippen LogP contribution in [0.3, 0.4) is 0 Å². The molecule has 0 heterocycles. The van der Waals surface area contributed by atoms with Crippen molar-refractivity contribution in [2.45, 2.75) is 33.4 Å². The first-order valence-electron chi connectivity index (χ1n) is 10.5. The van der Waals surface area contributed by atoms with Gasteiger partial charge in [0.2, 0.25) is 0 Å². The van der Waals surface area contributed by atoms with Gasteiger partial charge in [-0.05, 0) is 67.1 Å². The van der Waals surface area contributed by atoms with Crippen LogP contribution in [0.2, 0.25) is 5.02 Å². The Morgan fingerprint density at radius 2 is 1.69 bits per heavy atom. The Balaban J connectivity index is 1.67. The molecular formula is C25H31ClN2O. The minimum atomic E-state index is 0.532. The van der Waals surface area contributed by atoms with E-state index in [4.69, 9.17) is 16.3 Å². The van der Waals surface area contributed by atoms with Crippen LogP contribution in [-0.4, -0.2) is 31.1 Å². The van der Waals surface area contributed by atoms with E-state index in [9.17, 15) is 0 Å². The Labute approximate surface area is 179 Å². The van der Waals surface area contributed by atoms with Crippen LogP contribution in [0.4, 0.5) is 0 Å². The highest BCUT2D eigenvalue weighted by atomic mass is 35.5. The lowest BCUT2D eigenvalue weighted by Gasteiger charge is -2.18. The molecule has 0 saturated heterocycles. The van der Waals surface area contributed by atoms with Gasteiger partial charge in [-0.2, -0.15) is 0 Å². The molecule has 0 saturated carbocycles. The van der Waals surface area contributed by atoms with Crippen molar-refractivity contribution in [1.82, 2.24) is 10.2 Å². The topological polar surface area (TPSA) is 24.5 Å². The largest absolute Gasteiger partial charge is 0.489 e. The molecule has 29 heavy (non-hydrogen) atoms. The first-order valence-corrected chi connectivity index (χ1v) is 10.9. The molecule has 0 aliphatic heterocycles. The third-order valence-corrected chi connectivity index (χ3v) is 5.58. The molecule has 3 nitrogen and oxygen atoms in total. The molecule has 0 spiro atoms. The molecule has 154 valence electrons. The molecule has 0 amide bonds. The zero-order chi connectivity index (χ0) is 20.5. The van der Waals surface area contributed by atoms with E-state index < -0.39 is 0 Å². The quantitative estimate of drug-likeness (QED) is 0.398. The maximum Gasteiger partial charge on any atom is 0.124 e. The lowest BCUT2D eigenvalue weighted by Crippen LogP contribution is -2.27. The van der Waals surface area contributed by atoms with Crippen LogP contribution in [0.25, 0.3) is 10.8 Å². The summed E-state index contributed by atoms with van der Waals surface area (Å²) in [5, 5.41) is 6.85. The lowest BCUT2D eigenvalue weighted by molar-refractivity contribution is 0.296. The fourth-order valence-electron chi connectivity index (χ4n) is 3.56. The van der Waals surface area contributed by atoms with Gasteiger partial charge in [0.15, 0.2) is 0 Å². The average molecular weight is 411 g/mol. The van der Waals surface area contributed by atoms with E-state index in [-0.39, 0.29) is 0 Å². The summed E-state index contributed by atoms with van der Waals surface area (Å²) in [7, 11) is 0. The summed E-state index contributed by atoms with van der Waals surface area (Å²) >= 11 is 5.99. The predicted molar refractivity (Wildman–Crippen MR) is 124 cm³/mol. The summed E-state index contributed by atoms with van der Waals surface area (Å²) in [4.78, 5) is 2.46. The number of hydrogen-bond acceptors (Lipinski definition) is 3. The number of halogens is 1. The second-order valence-electron chi connectivity index (χ2n) is 7.24. The smallest absolute Gasteiger partial charge is 0.124 e. The maximum atomic E-state index is 6.21. The van der Waals surface area contributed by atoms with Gasteiger partial charge in [0.25, 0.3) is 0 Å². The Morgan fingerprint density at radius 1 is 0.931 bits per heavy atom. The summed E-state index contributed by atoms with van der Waals surface area (Å²) in [6, 6.07) is 20.6. The molecule has 0 aromatic heterocycles. The van der Waals surface area contributed by atoms with Gasteiger partial charge in [-0.3, -0.25) is 0 Å². The molecular weight excluding hydrogens is 380 g/mol. The molecule has 0 aliphatic rings. The van der Waals surface area contributed by atoms with Gasteiger partial charge in [0.05, 0.1) is 0 Å². The van der Waals surface area contributed by atoms with Crippen molar-refractivity contribution in [3.8, 4) is 5.75 Å². The van der Waals surface area contributed by atoms with Crippen molar-refractivity contribution in [2.75, 3.05) is 26.2 Å². The Bertz CT molecular complexity index is 891. The number of fused-ring (bicyclic) bond motifs is 1. The van der Waals surface area contributed by atoms with Crippen LogP contribution in [0.5, 0.6) is 5.75 Å². The van der Waals surface area contributed by atoms with E-state index in [0.29, 0.717) is 6.61 Å². The minimum Gasteiger partial charge on any atom is -0.489 e. The van der Waals surface area contributed by atoms with E-state index in [1.165, 1.54) is 16.3 Å².